The van der Waals surface area contributed by atoms with Crippen molar-refractivity contribution in [2.75, 3.05) is 38.2 Å². The zero-order chi connectivity index (χ0) is 19.6. The average Bonchev–Trinajstić information content (AvgIpc) is 3.00. The number of piperidine rings is 1. The summed E-state index contributed by atoms with van der Waals surface area (Å²) in [5.41, 5.74) is 0. The number of ether oxygens (including phenoxy) is 1. The van der Waals surface area contributed by atoms with Crippen molar-refractivity contribution in [2.45, 2.75) is 39.7 Å². The molecule has 0 aliphatic carbocycles. The topological polar surface area (TPSA) is 84.6 Å². The molecule has 0 saturated carbocycles. The fourth-order valence-electron chi connectivity index (χ4n) is 3.01. The maximum Gasteiger partial charge on any atom is 0.309 e. The fraction of sp³-hybridized carbons (Fsp3) is 0.778. The van der Waals surface area contributed by atoms with Crippen molar-refractivity contribution >= 4 is 23.7 Å². The Morgan fingerprint density at radius 2 is 2.11 bits per heavy atom. The van der Waals surface area contributed by atoms with Crippen molar-refractivity contribution in [1.82, 2.24) is 25.0 Å². The highest BCUT2D eigenvalue weighted by molar-refractivity contribution is 7.98. The molecule has 9 heteroatoms. The first-order valence-corrected chi connectivity index (χ1v) is 11.0. The summed E-state index contributed by atoms with van der Waals surface area (Å²) in [6, 6.07) is 0. The van der Waals surface area contributed by atoms with Crippen LogP contribution >= 0.6 is 11.8 Å². The van der Waals surface area contributed by atoms with Gasteiger partial charge in [0.05, 0.1) is 12.5 Å². The van der Waals surface area contributed by atoms with Gasteiger partial charge in [0.15, 0.2) is 11.8 Å². The molecule has 1 aromatic heterocycles. The molecule has 0 unspecified atom stereocenters. The van der Waals surface area contributed by atoms with Crippen molar-refractivity contribution in [3.05, 3.63) is 11.6 Å². The van der Waals surface area contributed by atoms with Gasteiger partial charge < -0.3 is 19.5 Å². The van der Waals surface area contributed by atoms with Crippen molar-refractivity contribution in [1.29, 1.82) is 0 Å². The Balaban J connectivity index is 1.98. The highest BCUT2D eigenvalue weighted by Crippen LogP contribution is 2.19. The van der Waals surface area contributed by atoms with Crippen LogP contribution in [0.2, 0.25) is 0 Å². The van der Waals surface area contributed by atoms with Crippen LogP contribution in [0.25, 0.3) is 0 Å². The van der Waals surface area contributed by atoms with Gasteiger partial charge >= 0.3 is 5.97 Å². The van der Waals surface area contributed by atoms with Gasteiger partial charge in [-0.3, -0.25) is 4.79 Å². The van der Waals surface area contributed by atoms with E-state index in [1.54, 1.807) is 0 Å². The number of nitrogens with zero attached hydrogens (tertiary/aromatic N) is 5. The number of guanidine groups is 1. The van der Waals surface area contributed by atoms with Crippen molar-refractivity contribution in [3.8, 4) is 0 Å². The Kier molecular flexibility index (Phi) is 8.90. The molecule has 1 N–H and O–H groups in total. The van der Waals surface area contributed by atoms with E-state index in [-0.39, 0.29) is 11.9 Å². The second-order valence-corrected chi connectivity index (χ2v) is 7.63. The van der Waals surface area contributed by atoms with E-state index in [4.69, 9.17) is 9.73 Å². The maximum absolute atomic E-state index is 12.0. The lowest BCUT2D eigenvalue weighted by molar-refractivity contribution is -0.149. The Morgan fingerprint density at radius 3 is 2.70 bits per heavy atom. The van der Waals surface area contributed by atoms with E-state index in [1.807, 2.05) is 37.2 Å². The second kappa shape index (κ2) is 11.2. The Bertz CT molecular complexity index is 625. The van der Waals surface area contributed by atoms with Crippen LogP contribution in [0.15, 0.2) is 4.99 Å². The van der Waals surface area contributed by atoms with Crippen LogP contribution in [0.4, 0.5) is 0 Å². The monoisotopic (exact) mass is 396 g/mol. The lowest BCUT2D eigenvalue weighted by Gasteiger charge is -2.33. The van der Waals surface area contributed by atoms with Crippen LogP contribution in [0.1, 0.15) is 37.8 Å². The third kappa shape index (κ3) is 6.41. The minimum absolute atomic E-state index is 0.000307. The van der Waals surface area contributed by atoms with Crippen LogP contribution in [0.3, 0.4) is 0 Å². The van der Waals surface area contributed by atoms with Gasteiger partial charge in [-0.25, -0.2) is 4.99 Å². The Morgan fingerprint density at radius 1 is 1.37 bits per heavy atom. The first-order valence-electron chi connectivity index (χ1n) is 9.60. The molecule has 1 aliphatic rings. The number of hydrogen-bond donors (Lipinski definition) is 1. The normalized spacial score (nSPS) is 15.9. The lowest BCUT2D eigenvalue weighted by Crippen LogP contribution is -2.47. The number of aryl methyl sites for hydroxylation is 1. The van der Waals surface area contributed by atoms with E-state index in [0.29, 0.717) is 13.2 Å². The van der Waals surface area contributed by atoms with Gasteiger partial charge in [-0.15, -0.1) is 10.2 Å². The molecule has 27 heavy (non-hydrogen) atoms. The number of likely N-dealkylation sites (tertiary alicyclic amines) is 1. The van der Waals surface area contributed by atoms with E-state index < -0.39 is 0 Å². The Labute approximate surface area is 166 Å². The van der Waals surface area contributed by atoms with Gasteiger partial charge in [0.25, 0.3) is 0 Å². The third-order valence-electron chi connectivity index (χ3n) is 4.78. The van der Waals surface area contributed by atoms with Crippen LogP contribution in [0, 0.1) is 12.8 Å². The highest BCUT2D eigenvalue weighted by Gasteiger charge is 2.27. The molecular formula is C18H32N6O2S. The molecule has 0 bridgehead atoms. The Hall–Kier alpha value is -1.77. The molecule has 152 valence electrons. The van der Waals surface area contributed by atoms with Gasteiger partial charge in [-0.2, -0.15) is 11.8 Å². The van der Waals surface area contributed by atoms with Crippen molar-refractivity contribution in [2.24, 2.45) is 18.0 Å². The van der Waals surface area contributed by atoms with E-state index in [9.17, 15) is 4.79 Å². The summed E-state index contributed by atoms with van der Waals surface area (Å²) in [6.07, 6.45) is 4.80. The molecule has 0 amide bonds. The molecule has 1 aliphatic heterocycles. The minimum Gasteiger partial charge on any atom is -0.466 e. The number of aromatic nitrogens is 3. The molecule has 0 atom stereocenters. The number of nitrogens with one attached hydrogen (secondary N) is 1. The summed E-state index contributed by atoms with van der Waals surface area (Å²) >= 11 is 1.85. The zero-order valence-electron chi connectivity index (χ0n) is 16.9. The smallest absolute Gasteiger partial charge is 0.309 e. The van der Waals surface area contributed by atoms with Gasteiger partial charge in [0.2, 0.25) is 0 Å². The first-order chi connectivity index (χ1) is 13.1. The van der Waals surface area contributed by atoms with Gasteiger partial charge in [0.1, 0.15) is 12.4 Å². The quantitative estimate of drug-likeness (QED) is 0.309. The predicted molar refractivity (Wildman–Crippen MR) is 109 cm³/mol. The number of aliphatic imine (C=N–C) groups is 1. The second-order valence-electron chi connectivity index (χ2n) is 6.65. The van der Waals surface area contributed by atoms with Crippen LogP contribution in [0.5, 0.6) is 0 Å². The summed E-state index contributed by atoms with van der Waals surface area (Å²) in [5.74, 6) is 3.66. The molecule has 0 spiro atoms. The zero-order valence-corrected chi connectivity index (χ0v) is 17.7. The van der Waals surface area contributed by atoms with E-state index in [2.05, 4.69) is 26.7 Å². The van der Waals surface area contributed by atoms with E-state index in [1.165, 1.54) is 0 Å². The number of carbonyl (C=O) groups is 1. The fourth-order valence-corrected chi connectivity index (χ4v) is 3.44. The van der Waals surface area contributed by atoms with Crippen molar-refractivity contribution in [3.63, 3.8) is 0 Å². The third-order valence-corrected chi connectivity index (χ3v) is 5.47. The molecule has 8 nitrogen and oxygen atoms in total. The summed E-state index contributed by atoms with van der Waals surface area (Å²) in [7, 11) is 1.95. The van der Waals surface area contributed by atoms with Gasteiger partial charge in [0, 0.05) is 26.7 Å². The minimum atomic E-state index is -0.0712. The number of esters is 1. The van der Waals surface area contributed by atoms with Crippen molar-refractivity contribution < 1.29 is 9.53 Å². The standard InChI is InChI=1S/C18H32N6O2S/c1-5-26-17(25)15-7-10-24(11-8-15)18(19-9-6-12-27-4)20-13-16-22-21-14(2)23(16)3/h15H,5-13H2,1-4H3,(H,19,20). The molecule has 1 saturated heterocycles. The number of hydrogen-bond acceptors (Lipinski definition) is 6. The average molecular weight is 397 g/mol. The summed E-state index contributed by atoms with van der Waals surface area (Å²) in [4.78, 5) is 19.0. The summed E-state index contributed by atoms with van der Waals surface area (Å²) in [5, 5.41) is 11.8. The number of carbonyl (C=O) groups excluding carboxylic acids is 1. The molecule has 1 fully saturated rings. The van der Waals surface area contributed by atoms with Gasteiger partial charge in [-0.1, -0.05) is 0 Å². The highest BCUT2D eigenvalue weighted by atomic mass is 32.2. The molecular weight excluding hydrogens is 364 g/mol. The molecule has 1 aromatic rings. The maximum atomic E-state index is 12.0. The lowest BCUT2D eigenvalue weighted by atomic mass is 9.97. The summed E-state index contributed by atoms with van der Waals surface area (Å²) < 4.78 is 7.13. The predicted octanol–water partition coefficient (Wildman–Crippen LogP) is 1.60. The van der Waals surface area contributed by atoms with Crippen LogP contribution < -0.4 is 5.32 Å². The molecule has 2 heterocycles. The first kappa shape index (κ1) is 21.5. The van der Waals surface area contributed by atoms with Crippen LogP contribution in [-0.4, -0.2) is 69.8 Å². The number of rotatable bonds is 8. The number of thioether (sulfide) groups is 1. The SMILES string of the molecule is CCOC(=O)C1CCN(C(=NCc2nnc(C)n2C)NCCCSC)CC1. The van der Waals surface area contributed by atoms with Gasteiger partial charge in [-0.05, 0) is 45.1 Å². The van der Waals surface area contributed by atoms with Crippen LogP contribution in [-0.2, 0) is 23.1 Å². The molecule has 2 rings (SSSR count). The molecule has 0 aromatic carbocycles. The largest absolute Gasteiger partial charge is 0.466 e. The molecule has 0 radical (unpaired) electrons. The van der Waals surface area contributed by atoms with E-state index >= 15 is 0 Å². The summed E-state index contributed by atoms with van der Waals surface area (Å²) in [6.45, 7) is 7.20. The van der Waals surface area contributed by atoms with E-state index in [0.717, 1.165) is 62.3 Å².